The summed E-state index contributed by atoms with van der Waals surface area (Å²) in [6, 6.07) is 13.3. The number of carbonyl (C=O) groups is 1. The second-order valence-electron chi connectivity index (χ2n) is 6.45. The fourth-order valence-corrected chi connectivity index (χ4v) is 4.15. The maximum Gasteiger partial charge on any atom is 0.248 e. The van der Waals surface area contributed by atoms with Crippen molar-refractivity contribution in [1.29, 1.82) is 0 Å². The lowest BCUT2D eigenvalue weighted by Gasteiger charge is -2.16. The lowest BCUT2D eigenvalue weighted by atomic mass is 10.1. The number of rotatable bonds is 6. The van der Waals surface area contributed by atoms with E-state index in [4.69, 9.17) is 9.47 Å². The summed E-state index contributed by atoms with van der Waals surface area (Å²) in [5, 5.41) is 6.07. The molecule has 2 aromatic carbocycles. The van der Waals surface area contributed by atoms with Crippen molar-refractivity contribution >= 4 is 40.3 Å². The van der Waals surface area contributed by atoms with E-state index in [-0.39, 0.29) is 5.91 Å². The second kappa shape index (κ2) is 8.45. The predicted molar refractivity (Wildman–Crippen MR) is 118 cm³/mol. The topological polar surface area (TPSA) is 63.2 Å². The first kappa shape index (κ1) is 19.1. The van der Waals surface area contributed by atoms with Gasteiger partial charge < -0.3 is 19.7 Å². The van der Waals surface area contributed by atoms with Crippen LogP contribution in [-0.4, -0.2) is 43.3 Å². The summed E-state index contributed by atoms with van der Waals surface area (Å²) in [5.74, 6) is 1.07. The fraction of sp³-hybridized carbons (Fsp3) is 0.182. The van der Waals surface area contributed by atoms with Gasteiger partial charge in [-0.2, -0.15) is 0 Å². The molecule has 6 nitrogen and oxygen atoms in total. The van der Waals surface area contributed by atoms with Gasteiger partial charge in [0.2, 0.25) is 5.91 Å². The van der Waals surface area contributed by atoms with Crippen LogP contribution in [-0.2, 0) is 4.79 Å². The number of carbonyl (C=O) groups excluding carboxylic acids is 1. The molecule has 4 rings (SSSR count). The van der Waals surface area contributed by atoms with E-state index >= 15 is 0 Å². The summed E-state index contributed by atoms with van der Waals surface area (Å²) in [6.07, 6.45) is 3.23. The van der Waals surface area contributed by atoms with E-state index < -0.39 is 0 Å². The Hall–Kier alpha value is -3.19. The lowest BCUT2D eigenvalue weighted by molar-refractivity contribution is -0.111. The third-order valence-corrected chi connectivity index (χ3v) is 5.55. The number of amidine groups is 1. The van der Waals surface area contributed by atoms with Gasteiger partial charge in [-0.15, -0.1) is 0 Å². The molecular weight excluding hydrogens is 386 g/mol. The molecule has 0 aromatic heterocycles. The number of ether oxygens (including phenoxy) is 2. The minimum absolute atomic E-state index is 0.197. The standard InChI is InChI=1S/C22H21N3O3S/c1-27-19-9-3-15(13-20(19)28-2)4-10-21(26)24-17-7-5-16(6-8-17)18-14-29-22-23-11-12-25(18)22/h3-10,13-14H,11-12H2,1-2H3,(H,24,26)/b10-4+. The average Bonchev–Trinajstić information content (AvgIpc) is 3.37. The first-order valence-electron chi connectivity index (χ1n) is 9.18. The molecule has 0 unspecified atom stereocenters. The van der Waals surface area contributed by atoms with E-state index in [1.807, 2.05) is 42.5 Å². The van der Waals surface area contributed by atoms with Gasteiger partial charge in [0.15, 0.2) is 16.7 Å². The number of anilines is 1. The van der Waals surface area contributed by atoms with Crippen molar-refractivity contribution in [3.8, 4) is 11.5 Å². The number of methoxy groups -OCH3 is 2. The van der Waals surface area contributed by atoms with Gasteiger partial charge in [0.05, 0.1) is 26.5 Å². The van der Waals surface area contributed by atoms with Crippen LogP contribution >= 0.6 is 11.8 Å². The summed E-state index contributed by atoms with van der Waals surface area (Å²) in [7, 11) is 3.17. The van der Waals surface area contributed by atoms with Gasteiger partial charge in [-0.1, -0.05) is 30.0 Å². The molecule has 29 heavy (non-hydrogen) atoms. The minimum atomic E-state index is -0.197. The molecule has 7 heteroatoms. The van der Waals surface area contributed by atoms with Crippen LogP contribution < -0.4 is 14.8 Å². The van der Waals surface area contributed by atoms with Crippen molar-refractivity contribution in [1.82, 2.24) is 4.90 Å². The Balaban J connectivity index is 1.39. The fourth-order valence-electron chi connectivity index (χ4n) is 3.18. The van der Waals surface area contributed by atoms with Crippen LogP contribution in [0.4, 0.5) is 5.69 Å². The minimum Gasteiger partial charge on any atom is -0.493 e. The van der Waals surface area contributed by atoms with Gasteiger partial charge in [0.25, 0.3) is 0 Å². The second-order valence-corrected chi connectivity index (χ2v) is 7.29. The molecule has 0 aliphatic carbocycles. The first-order valence-corrected chi connectivity index (χ1v) is 10.1. The number of thioether (sulfide) groups is 1. The number of benzene rings is 2. The van der Waals surface area contributed by atoms with Crippen molar-refractivity contribution in [3.63, 3.8) is 0 Å². The van der Waals surface area contributed by atoms with Crippen molar-refractivity contribution in [3.05, 3.63) is 65.1 Å². The smallest absolute Gasteiger partial charge is 0.248 e. The molecule has 0 saturated heterocycles. The molecule has 2 heterocycles. The van der Waals surface area contributed by atoms with Crippen LogP contribution in [0.25, 0.3) is 11.8 Å². The Morgan fingerprint density at radius 3 is 2.69 bits per heavy atom. The molecule has 0 atom stereocenters. The molecule has 1 amide bonds. The number of hydrogen-bond acceptors (Lipinski definition) is 6. The molecule has 1 N–H and O–H groups in total. The summed E-state index contributed by atoms with van der Waals surface area (Å²) in [5.41, 5.74) is 3.88. The zero-order valence-electron chi connectivity index (χ0n) is 16.2. The van der Waals surface area contributed by atoms with E-state index in [1.165, 1.54) is 6.08 Å². The van der Waals surface area contributed by atoms with Crippen LogP contribution in [0.3, 0.4) is 0 Å². The quantitative estimate of drug-likeness (QED) is 0.732. The van der Waals surface area contributed by atoms with Gasteiger partial charge in [0, 0.05) is 23.7 Å². The number of amides is 1. The molecule has 2 aromatic rings. The maximum atomic E-state index is 12.3. The highest BCUT2D eigenvalue weighted by atomic mass is 32.2. The third kappa shape index (κ3) is 4.14. The Morgan fingerprint density at radius 1 is 1.14 bits per heavy atom. The van der Waals surface area contributed by atoms with Crippen molar-refractivity contribution < 1.29 is 14.3 Å². The van der Waals surface area contributed by atoms with Gasteiger partial charge >= 0.3 is 0 Å². The van der Waals surface area contributed by atoms with Crippen LogP contribution in [0.1, 0.15) is 11.1 Å². The van der Waals surface area contributed by atoms with E-state index in [0.717, 1.165) is 40.8 Å². The van der Waals surface area contributed by atoms with Gasteiger partial charge in [0.1, 0.15) is 0 Å². The summed E-state index contributed by atoms with van der Waals surface area (Å²) in [4.78, 5) is 19.0. The normalized spacial score (nSPS) is 15.2. The van der Waals surface area contributed by atoms with Crippen molar-refractivity contribution in [2.45, 2.75) is 0 Å². The summed E-state index contributed by atoms with van der Waals surface area (Å²) in [6.45, 7) is 1.77. The molecule has 148 valence electrons. The number of nitrogens with one attached hydrogen (secondary N) is 1. The van der Waals surface area contributed by atoms with Gasteiger partial charge in [-0.25, -0.2) is 0 Å². The van der Waals surface area contributed by atoms with E-state index in [9.17, 15) is 4.79 Å². The highest BCUT2D eigenvalue weighted by molar-refractivity contribution is 8.16. The molecule has 0 spiro atoms. The molecule has 0 fully saturated rings. The van der Waals surface area contributed by atoms with E-state index in [1.54, 1.807) is 32.1 Å². The zero-order valence-corrected chi connectivity index (χ0v) is 17.0. The van der Waals surface area contributed by atoms with E-state index in [2.05, 4.69) is 20.6 Å². The van der Waals surface area contributed by atoms with Crippen molar-refractivity contribution in [2.24, 2.45) is 4.99 Å². The van der Waals surface area contributed by atoms with Crippen LogP contribution in [0, 0.1) is 0 Å². The van der Waals surface area contributed by atoms with Crippen LogP contribution in [0.15, 0.2) is 58.9 Å². The SMILES string of the molecule is COc1ccc(/C=C/C(=O)Nc2ccc(C3=CSC4=NCCN34)cc2)cc1OC. The molecule has 0 radical (unpaired) electrons. The molecule has 0 saturated carbocycles. The molecule has 2 aliphatic rings. The van der Waals surface area contributed by atoms with Gasteiger partial charge in [-0.3, -0.25) is 9.79 Å². The number of aliphatic imine (C=N–C) groups is 1. The molecule has 2 aliphatic heterocycles. The van der Waals surface area contributed by atoms with Crippen LogP contribution in [0.2, 0.25) is 0 Å². The monoisotopic (exact) mass is 407 g/mol. The Labute approximate surface area is 173 Å². The summed E-state index contributed by atoms with van der Waals surface area (Å²) < 4.78 is 10.5. The maximum absolute atomic E-state index is 12.3. The Morgan fingerprint density at radius 2 is 1.93 bits per heavy atom. The van der Waals surface area contributed by atoms with E-state index in [0.29, 0.717) is 11.5 Å². The van der Waals surface area contributed by atoms with Crippen molar-refractivity contribution in [2.75, 3.05) is 32.6 Å². The molecular formula is C22H21N3O3S. The third-order valence-electron chi connectivity index (χ3n) is 4.65. The Kier molecular flexibility index (Phi) is 5.57. The largest absolute Gasteiger partial charge is 0.493 e. The number of hydrogen-bond donors (Lipinski definition) is 1. The van der Waals surface area contributed by atoms with Crippen LogP contribution in [0.5, 0.6) is 11.5 Å². The number of nitrogens with zero attached hydrogens (tertiary/aromatic N) is 2. The predicted octanol–water partition coefficient (Wildman–Crippen LogP) is 4.07. The van der Waals surface area contributed by atoms with Gasteiger partial charge in [-0.05, 0) is 41.5 Å². The lowest BCUT2D eigenvalue weighted by Crippen LogP contribution is -2.19. The summed E-state index contributed by atoms with van der Waals surface area (Å²) >= 11 is 1.66. The highest BCUT2D eigenvalue weighted by Crippen LogP contribution is 2.35. The first-order chi connectivity index (χ1) is 14.2. The zero-order chi connectivity index (χ0) is 20.2. The average molecular weight is 407 g/mol. The Bertz CT molecular complexity index is 1010. The molecule has 0 bridgehead atoms. The highest BCUT2D eigenvalue weighted by Gasteiger charge is 2.26. The number of fused-ring (bicyclic) bond motifs is 1.